The second kappa shape index (κ2) is 7.97. The van der Waals surface area contributed by atoms with Crippen LogP contribution in [0, 0.1) is 0 Å². The van der Waals surface area contributed by atoms with Crippen LogP contribution in [-0.2, 0) is 20.2 Å². The van der Waals surface area contributed by atoms with Gasteiger partial charge in [0.15, 0.2) is 0 Å². The highest BCUT2D eigenvalue weighted by Gasteiger charge is 2.28. The molecule has 146 valence electrons. The largest absolute Gasteiger partial charge is 0.294 e. The lowest BCUT2D eigenvalue weighted by Crippen LogP contribution is -2.24. The lowest BCUT2D eigenvalue weighted by molar-refractivity contribution is 0.481. The van der Waals surface area contributed by atoms with Crippen LogP contribution in [0.4, 0.5) is 0 Å². The molecule has 27 heavy (non-hydrogen) atoms. The van der Waals surface area contributed by atoms with Crippen molar-refractivity contribution in [3.05, 3.63) is 48.5 Å². The van der Waals surface area contributed by atoms with E-state index in [2.05, 4.69) is 0 Å². The highest BCUT2D eigenvalue weighted by molar-refractivity contribution is 7.86. The molecule has 0 amide bonds. The van der Waals surface area contributed by atoms with Gasteiger partial charge in [-0.15, -0.1) is 0 Å². The van der Waals surface area contributed by atoms with E-state index in [9.17, 15) is 25.9 Å². The fraction of sp³-hybridized carbons (Fsp3) is 0.333. The zero-order valence-corrected chi connectivity index (χ0v) is 17.1. The minimum absolute atomic E-state index is 0.172. The van der Waals surface area contributed by atoms with Gasteiger partial charge in [0.05, 0.1) is 9.79 Å². The minimum atomic E-state index is -4.33. The average Bonchev–Trinajstić information content (AvgIpc) is 2.62. The number of hydrogen-bond donors (Lipinski definition) is 2. The maximum atomic E-state index is 11.6. The quantitative estimate of drug-likeness (QED) is 0.560. The molecule has 0 aromatic heterocycles. The Balaban J connectivity index is 2.13. The van der Waals surface area contributed by atoms with Gasteiger partial charge in [-0.3, -0.25) is 9.11 Å². The predicted octanol–water partition coefficient (Wildman–Crippen LogP) is 2.95. The van der Waals surface area contributed by atoms with Crippen molar-refractivity contribution in [3.63, 3.8) is 0 Å². The van der Waals surface area contributed by atoms with Crippen LogP contribution in [0.25, 0.3) is 0 Å². The van der Waals surface area contributed by atoms with Gasteiger partial charge in [-0.2, -0.15) is 16.8 Å². The molecule has 0 spiro atoms. The molecule has 1 saturated carbocycles. The summed E-state index contributed by atoms with van der Waals surface area (Å²) in [6.45, 7) is 0. The van der Waals surface area contributed by atoms with E-state index >= 15 is 0 Å². The van der Waals surface area contributed by atoms with Crippen LogP contribution in [0.3, 0.4) is 0 Å². The highest BCUT2D eigenvalue weighted by Crippen LogP contribution is 2.46. The van der Waals surface area contributed by atoms with Gasteiger partial charge in [0.2, 0.25) is 0 Å². The summed E-state index contributed by atoms with van der Waals surface area (Å²) in [6, 6.07) is 12.4. The van der Waals surface area contributed by atoms with E-state index in [0.717, 1.165) is 42.7 Å². The minimum Gasteiger partial charge on any atom is -0.282 e. The standard InChI is InChI=1S/C18H21O6PS2/c19-26(20,21)17-10-4-8-15(12-17)25(14-6-2-1-3-7-14)16-9-5-11-18(13-16)27(22,23)24/h4-5,8-14H,1-3,6-7H2,(H,19,20,21)(H,22,23,24). The van der Waals surface area contributed by atoms with E-state index in [4.69, 9.17) is 0 Å². The molecular formula is C18H21O6PS2. The second-order valence-corrected chi connectivity index (χ2v) is 12.0. The Labute approximate surface area is 160 Å². The summed E-state index contributed by atoms with van der Waals surface area (Å²) in [5.41, 5.74) is 0.280. The van der Waals surface area contributed by atoms with Crippen molar-refractivity contribution in [2.24, 2.45) is 0 Å². The molecule has 2 aromatic rings. The first-order valence-electron chi connectivity index (χ1n) is 8.60. The molecule has 0 aliphatic heterocycles. The van der Waals surface area contributed by atoms with E-state index in [1.807, 2.05) is 12.1 Å². The lowest BCUT2D eigenvalue weighted by Gasteiger charge is -2.31. The Morgan fingerprint density at radius 1 is 0.741 bits per heavy atom. The van der Waals surface area contributed by atoms with E-state index < -0.39 is 28.2 Å². The van der Waals surface area contributed by atoms with Gasteiger partial charge in [-0.05, 0) is 61.3 Å². The first-order valence-corrected chi connectivity index (χ1v) is 12.9. The normalized spacial score (nSPS) is 16.6. The first kappa shape index (κ1) is 20.4. The van der Waals surface area contributed by atoms with Crippen LogP contribution in [0.1, 0.15) is 32.1 Å². The molecule has 0 atom stereocenters. The van der Waals surface area contributed by atoms with Crippen molar-refractivity contribution >= 4 is 38.8 Å². The van der Waals surface area contributed by atoms with Crippen LogP contribution in [0.5, 0.6) is 0 Å². The van der Waals surface area contributed by atoms with Gasteiger partial charge >= 0.3 is 0 Å². The molecule has 6 nitrogen and oxygen atoms in total. The summed E-state index contributed by atoms with van der Waals surface area (Å²) in [5, 5.41) is 1.53. The number of rotatable bonds is 5. The fourth-order valence-electron chi connectivity index (χ4n) is 3.50. The molecule has 0 saturated heterocycles. The van der Waals surface area contributed by atoms with E-state index in [1.165, 1.54) is 24.3 Å². The molecule has 1 aliphatic rings. The van der Waals surface area contributed by atoms with Crippen molar-refractivity contribution in [1.29, 1.82) is 0 Å². The van der Waals surface area contributed by atoms with Crippen molar-refractivity contribution < 1.29 is 25.9 Å². The summed E-state index contributed by atoms with van der Waals surface area (Å²) < 4.78 is 65.0. The zero-order valence-electron chi connectivity index (χ0n) is 14.5. The Morgan fingerprint density at radius 3 is 1.59 bits per heavy atom. The van der Waals surface area contributed by atoms with Gasteiger partial charge in [0, 0.05) is 0 Å². The van der Waals surface area contributed by atoms with Crippen LogP contribution in [0.2, 0.25) is 0 Å². The summed E-state index contributed by atoms with van der Waals surface area (Å²) in [7, 11) is -9.70. The van der Waals surface area contributed by atoms with Crippen LogP contribution < -0.4 is 10.6 Å². The van der Waals surface area contributed by atoms with Crippen molar-refractivity contribution in [2.75, 3.05) is 0 Å². The maximum absolute atomic E-state index is 11.6. The SMILES string of the molecule is O=S(=O)(O)c1cccc(P(c2cccc(S(=O)(=O)O)c2)C2CCCCC2)c1. The van der Waals surface area contributed by atoms with Crippen LogP contribution in [0.15, 0.2) is 58.3 Å². The fourth-order valence-corrected chi connectivity index (χ4v) is 7.80. The first-order chi connectivity index (χ1) is 12.7. The van der Waals surface area contributed by atoms with E-state index in [1.54, 1.807) is 12.1 Å². The average molecular weight is 428 g/mol. The van der Waals surface area contributed by atoms with Gasteiger partial charge in [0.1, 0.15) is 0 Å². The van der Waals surface area contributed by atoms with E-state index in [0.29, 0.717) is 0 Å². The molecule has 0 radical (unpaired) electrons. The molecule has 3 rings (SSSR count). The molecule has 2 N–H and O–H groups in total. The third-order valence-corrected chi connectivity index (χ3v) is 9.34. The number of hydrogen-bond acceptors (Lipinski definition) is 4. The van der Waals surface area contributed by atoms with E-state index in [-0.39, 0.29) is 15.4 Å². The summed E-state index contributed by atoms with van der Waals surface area (Å²) in [6.07, 6.45) is 5.23. The van der Waals surface area contributed by atoms with Gasteiger partial charge in [0.25, 0.3) is 20.2 Å². The third-order valence-electron chi connectivity index (χ3n) is 4.73. The molecule has 1 aliphatic carbocycles. The maximum Gasteiger partial charge on any atom is 0.294 e. The highest BCUT2D eigenvalue weighted by atomic mass is 32.2. The molecular weight excluding hydrogens is 407 g/mol. The zero-order chi connectivity index (χ0) is 19.7. The second-order valence-electron chi connectivity index (χ2n) is 6.61. The van der Waals surface area contributed by atoms with Gasteiger partial charge in [-0.25, -0.2) is 0 Å². The monoisotopic (exact) mass is 428 g/mol. The molecule has 9 heteroatoms. The van der Waals surface area contributed by atoms with Crippen LogP contribution >= 0.6 is 7.92 Å². The molecule has 0 unspecified atom stereocenters. The third kappa shape index (κ3) is 4.95. The van der Waals surface area contributed by atoms with Gasteiger partial charge in [-0.1, -0.05) is 43.5 Å². The Kier molecular flexibility index (Phi) is 6.03. The Bertz CT molecular complexity index is 952. The van der Waals surface area contributed by atoms with Crippen molar-refractivity contribution in [1.82, 2.24) is 0 Å². The molecule has 0 bridgehead atoms. The lowest BCUT2D eigenvalue weighted by atomic mass is 10.0. The number of benzene rings is 2. The Hall–Kier alpha value is -1.31. The predicted molar refractivity (Wildman–Crippen MR) is 106 cm³/mol. The van der Waals surface area contributed by atoms with Crippen molar-refractivity contribution in [2.45, 2.75) is 47.6 Å². The summed E-state index contributed by atoms with van der Waals surface area (Å²) in [5.74, 6) is 0. The van der Waals surface area contributed by atoms with Crippen molar-refractivity contribution in [3.8, 4) is 0 Å². The smallest absolute Gasteiger partial charge is 0.282 e. The topological polar surface area (TPSA) is 109 Å². The molecule has 0 heterocycles. The Morgan fingerprint density at radius 2 is 1.19 bits per heavy atom. The molecule has 2 aromatic carbocycles. The van der Waals surface area contributed by atoms with Crippen LogP contribution in [-0.4, -0.2) is 31.6 Å². The van der Waals surface area contributed by atoms with Gasteiger partial charge < -0.3 is 0 Å². The summed E-state index contributed by atoms with van der Waals surface area (Å²) in [4.78, 5) is -0.344. The molecule has 1 fully saturated rings. The summed E-state index contributed by atoms with van der Waals surface area (Å²) >= 11 is 0.